The number of ether oxygens (including phenoxy) is 1. The lowest BCUT2D eigenvalue weighted by molar-refractivity contribution is 0.0922. The van der Waals surface area contributed by atoms with Gasteiger partial charge in [-0.05, 0) is 20.5 Å². The first-order chi connectivity index (χ1) is 10.1. The maximum Gasteiger partial charge on any atom is 0.287 e. The maximum absolute atomic E-state index is 12.0. The van der Waals surface area contributed by atoms with Gasteiger partial charge in [0.2, 0.25) is 0 Å². The van der Waals surface area contributed by atoms with E-state index in [1.165, 1.54) is 4.68 Å². The van der Waals surface area contributed by atoms with Gasteiger partial charge in [0.05, 0.1) is 31.6 Å². The lowest BCUT2D eigenvalue weighted by Gasteiger charge is -2.12. The van der Waals surface area contributed by atoms with Gasteiger partial charge in [0.25, 0.3) is 5.56 Å². The zero-order valence-electron chi connectivity index (χ0n) is 12.5. The first-order valence-corrected chi connectivity index (χ1v) is 7.27. The van der Waals surface area contributed by atoms with E-state index in [2.05, 4.69) is 10.4 Å². The molecule has 2 N–H and O–H groups in total. The summed E-state index contributed by atoms with van der Waals surface area (Å²) in [6.07, 6.45) is 2.31. The van der Waals surface area contributed by atoms with Crippen molar-refractivity contribution in [2.45, 2.75) is 13.0 Å². The smallest absolute Gasteiger partial charge is 0.287 e. The largest absolute Gasteiger partial charge is 0.394 e. The van der Waals surface area contributed by atoms with Crippen molar-refractivity contribution in [1.29, 1.82) is 0 Å². The van der Waals surface area contributed by atoms with E-state index in [4.69, 9.17) is 21.4 Å². The number of aromatic nitrogens is 2. The fraction of sp³-hybridized carbons (Fsp3) is 0.692. The van der Waals surface area contributed by atoms with Crippen molar-refractivity contribution in [2.24, 2.45) is 0 Å². The van der Waals surface area contributed by atoms with Crippen molar-refractivity contribution in [3.63, 3.8) is 0 Å². The van der Waals surface area contributed by atoms with E-state index >= 15 is 0 Å². The highest BCUT2D eigenvalue weighted by atomic mass is 35.5. The summed E-state index contributed by atoms with van der Waals surface area (Å²) in [4.78, 5) is 14.0. The van der Waals surface area contributed by atoms with Gasteiger partial charge in [-0.1, -0.05) is 11.6 Å². The van der Waals surface area contributed by atoms with E-state index in [-0.39, 0.29) is 17.2 Å². The molecule has 0 unspecified atom stereocenters. The van der Waals surface area contributed by atoms with Crippen molar-refractivity contribution in [2.75, 3.05) is 52.3 Å². The molecule has 21 heavy (non-hydrogen) atoms. The summed E-state index contributed by atoms with van der Waals surface area (Å²) in [5.41, 5.74) is 0.241. The molecule has 0 atom stereocenters. The van der Waals surface area contributed by atoms with Crippen LogP contribution >= 0.6 is 11.6 Å². The minimum Gasteiger partial charge on any atom is -0.394 e. The van der Waals surface area contributed by atoms with Crippen LogP contribution in [0.3, 0.4) is 0 Å². The van der Waals surface area contributed by atoms with Crippen LogP contribution in [0.15, 0.2) is 11.0 Å². The molecule has 1 rings (SSSR count). The lowest BCUT2D eigenvalue weighted by Crippen LogP contribution is -2.29. The Morgan fingerprint density at radius 3 is 2.90 bits per heavy atom. The molecule has 0 amide bonds. The van der Waals surface area contributed by atoms with Gasteiger partial charge in [-0.15, -0.1) is 0 Å². The number of hydrogen-bond donors (Lipinski definition) is 2. The molecular formula is C13H23ClN4O3. The van der Waals surface area contributed by atoms with Gasteiger partial charge in [0.1, 0.15) is 5.02 Å². The highest BCUT2D eigenvalue weighted by Gasteiger charge is 2.08. The third-order valence-electron chi connectivity index (χ3n) is 2.76. The van der Waals surface area contributed by atoms with Crippen LogP contribution in [0.5, 0.6) is 0 Å². The molecular weight excluding hydrogens is 296 g/mol. The van der Waals surface area contributed by atoms with Gasteiger partial charge in [0, 0.05) is 19.7 Å². The molecule has 0 bridgehead atoms. The number of rotatable bonds is 10. The number of aliphatic hydroxyl groups is 1. The van der Waals surface area contributed by atoms with Gasteiger partial charge < -0.3 is 20.1 Å². The predicted molar refractivity (Wildman–Crippen MR) is 83.1 cm³/mol. The van der Waals surface area contributed by atoms with Gasteiger partial charge in [-0.2, -0.15) is 5.10 Å². The van der Waals surface area contributed by atoms with Crippen LogP contribution in [-0.4, -0.2) is 66.8 Å². The second-order valence-electron chi connectivity index (χ2n) is 4.82. The molecule has 0 aliphatic carbocycles. The number of nitrogens with zero attached hydrogens (tertiary/aromatic N) is 3. The Kier molecular flexibility index (Phi) is 8.29. The Hall–Kier alpha value is -1.15. The van der Waals surface area contributed by atoms with E-state index in [1.807, 2.05) is 19.0 Å². The van der Waals surface area contributed by atoms with Crippen LogP contribution in [0, 0.1) is 0 Å². The van der Waals surface area contributed by atoms with E-state index < -0.39 is 0 Å². The highest BCUT2D eigenvalue weighted by Crippen LogP contribution is 2.14. The number of halogens is 1. The van der Waals surface area contributed by atoms with Crippen LogP contribution in [0.1, 0.15) is 6.42 Å². The fourth-order valence-electron chi connectivity index (χ4n) is 1.61. The number of hydrogen-bond acceptors (Lipinski definition) is 6. The van der Waals surface area contributed by atoms with E-state index in [0.29, 0.717) is 32.0 Å². The maximum atomic E-state index is 12.0. The average molecular weight is 319 g/mol. The van der Waals surface area contributed by atoms with E-state index in [1.54, 1.807) is 6.20 Å². The van der Waals surface area contributed by atoms with Crippen molar-refractivity contribution >= 4 is 17.3 Å². The SMILES string of the molecule is CN(C)CCn1ncc(NCCCOCCO)c(Cl)c1=O. The van der Waals surface area contributed by atoms with Crippen molar-refractivity contribution in [1.82, 2.24) is 14.7 Å². The van der Waals surface area contributed by atoms with Crippen LogP contribution in [0.25, 0.3) is 0 Å². The summed E-state index contributed by atoms with van der Waals surface area (Å²) >= 11 is 6.06. The summed E-state index contributed by atoms with van der Waals surface area (Å²) in [7, 11) is 3.86. The third-order valence-corrected chi connectivity index (χ3v) is 3.13. The molecule has 7 nitrogen and oxygen atoms in total. The second-order valence-corrected chi connectivity index (χ2v) is 5.20. The molecule has 0 fully saturated rings. The lowest BCUT2D eigenvalue weighted by atomic mass is 10.4. The topological polar surface area (TPSA) is 79.6 Å². The Morgan fingerprint density at radius 1 is 1.48 bits per heavy atom. The van der Waals surface area contributed by atoms with Crippen molar-refractivity contribution in [3.8, 4) is 0 Å². The molecule has 8 heteroatoms. The first-order valence-electron chi connectivity index (χ1n) is 6.89. The molecule has 1 aromatic rings. The second kappa shape index (κ2) is 9.73. The molecule has 1 heterocycles. The highest BCUT2D eigenvalue weighted by molar-refractivity contribution is 6.32. The normalized spacial score (nSPS) is 11.1. The van der Waals surface area contributed by atoms with Crippen LogP contribution < -0.4 is 10.9 Å². The summed E-state index contributed by atoms with van der Waals surface area (Å²) in [5.74, 6) is 0. The van der Waals surface area contributed by atoms with Crippen molar-refractivity contribution in [3.05, 3.63) is 21.6 Å². The summed E-state index contributed by atoms with van der Waals surface area (Å²) in [6.45, 7) is 2.74. The number of likely N-dealkylation sites (N-methyl/N-ethyl adjacent to an activating group) is 1. The van der Waals surface area contributed by atoms with E-state index in [9.17, 15) is 4.79 Å². The van der Waals surface area contributed by atoms with Crippen LogP contribution in [-0.2, 0) is 11.3 Å². The summed E-state index contributed by atoms with van der Waals surface area (Å²) in [5, 5.41) is 15.9. The average Bonchev–Trinajstić information content (AvgIpc) is 2.45. The number of nitrogens with one attached hydrogen (secondary N) is 1. The molecule has 0 saturated carbocycles. The van der Waals surface area contributed by atoms with Gasteiger partial charge >= 0.3 is 0 Å². The zero-order chi connectivity index (χ0) is 15.7. The molecule has 0 aromatic carbocycles. The number of anilines is 1. The van der Waals surface area contributed by atoms with Gasteiger partial charge in [-0.3, -0.25) is 4.79 Å². The monoisotopic (exact) mass is 318 g/mol. The zero-order valence-corrected chi connectivity index (χ0v) is 13.3. The molecule has 0 saturated heterocycles. The van der Waals surface area contributed by atoms with Crippen molar-refractivity contribution < 1.29 is 9.84 Å². The molecule has 1 aromatic heterocycles. The molecule has 0 aliphatic rings. The van der Waals surface area contributed by atoms with Crippen LogP contribution in [0.2, 0.25) is 5.02 Å². The first kappa shape index (κ1) is 17.9. The minimum absolute atomic E-state index is 0.0222. The summed E-state index contributed by atoms with van der Waals surface area (Å²) in [6, 6.07) is 0. The van der Waals surface area contributed by atoms with Gasteiger partial charge in [0.15, 0.2) is 0 Å². The van der Waals surface area contributed by atoms with E-state index in [0.717, 1.165) is 13.0 Å². The minimum atomic E-state index is -0.292. The quantitative estimate of drug-likeness (QED) is 0.603. The Bertz CT molecular complexity index is 479. The predicted octanol–water partition coefficient (Wildman–Crippen LogP) is 0.269. The molecule has 120 valence electrons. The molecule has 0 spiro atoms. The fourth-order valence-corrected chi connectivity index (χ4v) is 1.82. The van der Waals surface area contributed by atoms with Crippen LogP contribution in [0.4, 0.5) is 5.69 Å². The van der Waals surface area contributed by atoms with Gasteiger partial charge in [-0.25, -0.2) is 4.68 Å². The molecule has 0 radical (unpaired) electrons. The molecule has 0 aliphatic heterocycles. The number of aliphatic hydroxyl groups excluding tert-OH is 1. The Labute approximate surface area is 129 Å². The standard InChI is InChI=1S/C13H23ClN4O3/c1-17(2)5-6-18-13(20)12(14)11(10-16-18)15-4-3-8-21-9-7-19/h10,15,19H,3-9H2,1-2H3. The third kappa shape index (κ3) is 6.43. The Balaban J connectivity index is 2.49. The Morgan fingerprint density at radius 2 is 2.24 bits per heavy atom. The summed E-state index contributed by atoms with van der Waals surface area (Å²) < 4.78 is 6.50.